The summed E-state index contributed by atoms with van der Waals surface area (Å²) >= 11 is 1.54. The van der Waals surface area contributed by atoms with Crippen LogP contribution in [0.5, 0.6) is 0 Å². The molecule has 0 aliphatic rings. The molecule has 4 nitrogen and oxygen atoms in total. The summed E-state index contributed by atoms with van der Waals surface area (Å²) in [7, 11) is 0. The summed E-state index contributed by atoms with van der Waals surface area (Å²) in [4.78, 5) is 9.14. The van der Waals surface area contributed by atoms with Crippen molar-refractivity contribution in [2.24, 2.45) is 5.92 Å². The number of nitrogens with zero attached hydrogens (tertiary/aromatic N) is 3. The van der Waals surface area contributed by atoms with Crippen LogP contribution in [0.4, 0.5) is 15.9 Å². The quantitative estimate of drug-likeness (QED) is 0.444. The molecule has 1 N–H and O–H groups in total. The van der Waals surface area contributed by atoms with Crippen LogP contribution in [-0.2, 0) is 0 Å². The molecule has 0 saturated heterocycles. The van der Waals surface area contributed by atoms with Gasteiger partial charge in [-0.1, -0.05) is 43.8 Å². The van der Waals surface area contributed by atoms with E-state index in [1.165, 1.54) is 23.9 Å². The fourth-order valence-corrected chi connectivity index (χ4v) is 3.21. The first-order chi connectivity index (χ1) is 13.1. The molecule has 0 saturated carbocycles. The predicted molar refractivity (Wildman–Crippen MR) is 107 cm³/mol. The number of nitriles is 1. The van der Waals surface area contributed by atoms with Crippen LogP contribution in [-0.4, -0.2) is 15.7 Å². The van der Waals surface area contributed by atoms with Crippen molar-refractivity contribution in [3.05, 3.63) is 66.0 Å². The van der Waals surface area contributed by atoms with E-state index in [-0.39, 0.29) is 5.82 Å². The number of anilines is 2. The molecule has 2 aromatic carbocycles. The maximum absolute atomic E-state index is 13.3. The standard InChI is InChI=1S/C21H19FN4S/c1-14(2)13-27-21-25-19(15-8-10-16(22)11-9-15)18(12-23)20(26-21)24-17-6-4-3-5-7-17/h3-11,14H,13H2,1-2H3,(H,24,25,26). The summed E-state index contributed by atoms with van der Waals surface area (Å²) < 4.78 is 13.3. The van der Waals surface area contributed by atoms with Gasteiger partial charge < -0.3 is 5.32 Å². The van der Waals surface area contributed by atoms with E-state index < -0.39 is 0 Å². The van der Waals surface area contributed by atoms with Crippen molar-refractivity contribution in [1.29, 1.82) is 5.26 Å². The van der Waals surface area contributed by atoms with Gasteiger partial charge in [0.1, 0.15) is 17.4 Å². The van der Waals surface area contributed by atoms with Crippen LogP contribution < -0.4 is 5.32 Å². The molecule has 0 atom stereocenters. The average molecular weight is 378 g/mol. The van der Waals surface area contributed by atoms with E-state index >= 15 is 0 Å². The number of benzene rings is 2. The van der Waals surface area contributed by atoms with Gasteiger partial charge in [-0.15, -0.1) is 0 Å². The van der Waals surface area contributed by atoms with Crippen LogP contribution in [0, 0.1) is 23.1 Å². The molecule has 1 heterocycles. The molecule has 0 aliphatic carbocycles. The van der Waals surface area contributed by atoms with Crippen molar-refractivity contribution < 1.29 is 4.39 Å². The van der Waals surface area contributed by atoms with E-state index in [2.05, 4.69) is 35.2 Å². The highest BCUT2D eigenvalue weighted by Crippen LogP contribution is 2.31. The lowest BCUT2D eigenvalue weighted by atomic mass is 10.1. The Balaban J connectivity index is 2.09. The zero-order valence-corrected chi connectivity index (χ0v) is 15.9. The van der Waals surface area contributed by atoms with E-state index in [9.17, 15) is 9.65 Å². The maximum atomic E-state index is 13.3. The minimum Gasteiger partial charge on any atom is -0.339 e. The molecular formula is C21H19FN4S. The Morgan fingerprint density at radius 2 is 1.78 bits per heavy atom. The molecule has 1 aromatic heterocycles. The van der Waals surface area contributed by atoms with Crippen molar-refractivity contribution in [1.82, 2.24) is 9.97 Å². The summed E-state index contributed by atoms with van der Waals surface area (Å²) in [5.41, 5.74) is 2.34. The molecule has 0 unspecified atom stereocenters. The van der Waals surface area contributed by atoms with Crippen molar-refractivity contribution in [2.45, 2.75) is 19.0 Å². The van der Waals surface area contributed by atoms with Gasteiger partial charge >= 0.3 is 0 Å². The predicted octanol–water partition coefficient (Wildman–Crippen LogP) is 5.65. The lowest BCUT2D eigenvalue weighted by molar-refractivity contribution is 0.628. The molecule has 6 heteroatoms. The van der Waals surface area contributed by atoms with Gasteiger partial charge in [0.2, 0.25) is 0 Å². The lowest BCUT2D eigenvalue weighted by Gasteiger charge is -2.13. The monoisotopic (exact) mass is 378 g/mol. The highest BCUT2D eigenvalue weighted by atomic mass is 32.2. The summed E-state index contributed by atoms with van der Waals surface area (Å²) in [5, 5.41) is 13.5. The van der Waals surface area contributed by atoms with E-state index in [0.717, 1.165) is 11.4 Å². The van der Waals surface area contributed by atoms with Crippen LogP contribution in [0.15, 0.2) is 59.8 Å². The molecule has 0 fully saturated rings. The van der Waals surface area contributed by atoms with Gasteiger partial charge in [0.25, 0.3) is 0 Å². The van der Waals surface area contributed by atoms with Gasteiger partial charge in [-0.2, -0.15) is 5.26 Å². The SMILES string of the molecule is CC(C)CSc1nc(Nc2ccccc2)c(C#N)c(-c2ccc(F)cc2)n1. The minimum atomic E-state index is -0.330. The Hall–Kier alpha value is -2.91. The molecule has 27 heavy (non-hydrogen) atoms. The Labute approximate surface area is 162 Å². The number of rotatable bonds is 6. The highest BCUT2D eigenvalue weighted by Gasteiger charge is 2.17. The summed E-state index contributed by atoms with van der Waals surface area (Å²) in [5.74, 6) is 1.46. The molecule has 0 aliphatic heterocycles. The van der Waals surface area contributed by atoms with E-state index in [1.807, 2.05) is 30.3 Å². The van der Waals surface area contributed by atoms with Crippen LogP contribution in [0.3, 0.4) is 0 Å². The fraction of sp³-hybridized carbons (Fsp3) is 0.190. The number of para-hydroxylation sites is 1. The zero-order chi connectivity index (χ0) is 19.2. The van der Waals surface area contributed by atoms with Gasteiger partial charge in [0.05, 0.1) is 5.69 Å². The van der Waals surface area contributed by atoms with Gasteiger partial charge in [-0.3, -0.25) is 0 Å². The molecule has 0 radical (unpaired) electrons. The van der Waals surface area contributed by atoms with Gasteiger partial charge in [-0.25, -0.2) is 14.4 Å². The number of nitrogens with one attached hydrogen (secondary N) is 1. The zero-order valence-electron chi connectivity index (χ0n) is 15.1. The molecule has 0 spiro atoms. The lowest BCUT2D eigenvalue weighted by Crippen LogP contribution is -2.04. The number of hydrogen-bond donors (Lipinski definition) is 1. The Morgan fingerprint density at radius 1 is 1.07 bits per heavy atom. The molecular weight excluding hydrogens is 359 g/mol. The number of thioether (sulfide) groups is 1. The first-order valence-electron chi connectivity index (χ1n) is 8.59. The van der Waals surface area contributed by atoms with Gasteiger partial charge in [0.15, 0.2) is 11.0 Å². The minimum absolute atomic E-state index is 0.330. The molecule has 0 bridgehead atoms. The summed E-state index contributed by atoms with van der Waals surface area (Å²) in [6.07, 6.45) is 0. The largest absolute Gasteiger partial charge is 0.339 e. The van der Waals surface area contributed by atoms with Crippen molar-refractivity contribution in [2.75, 3.05) is 11.1 Å². The third-order valence-corrected chi connectivity index (χ3v) is 4.97. The molecule has 136 valence electrons. The normalized spacial score (nSPS) is 10.6. The molecule has 3 rings (SSSR count). The second-order valence-corrected chi connectivity index (χ2v) is 7.38. The summed E-state index contributed by atoms with van der Waals surface area (Å²) in [6.45, 7) is 4.25. The Kier molecular flexibility index (Phi) is 6.05. The second-order valence-electron chi connectivity index (χ2n) is 6.39. The van der Waals surface area contributed by atoms with Crippen LogP contribution in [0.25, 0.3) is 11.3 Å². The van der Waals surface area contributed by atoms with Crippen LogP contribution in [0.2, 0.25) is 0 Å². The fourth-order valence-electron chi connectivity index (χ4n) is 2.42. The smallest absolute Gasteiger partial charge is 0.190 e. The van der Waals surface area contributed by atoms with E-state index in [1.54, 1.807) is 12.1 Å². The third kappa shape index (κ3) is 4.83. The van der Waals surface area contributed by atoms with Gasteiger partial charge in [-0.05, 0) is 42.3 Å². The second kappa shape index (κ2) is 8.65. The van der Waals surface area contributed by atoms with E-state index in [4.69, 9.17) is 0 Å². The number of hydrogen-bond acceptors (Lipinski definition) is 5. The van der Waals surface area contributed by atoms with E-state index in [0.29, 0.717) is 33.7 Å². The van der Waals surface area contributed by atoms with Crippen molar-refractivity contribution in [3.8, 4) is 17.3 Å². The molecule has 0 amide bonds. The number of aromatic nitrogens is 2. The van der Waals surface area contributed by atoms with Gasteiger partial charge in [0, 0.05) is 17.0 Å². The highest BCUT2D eigenvalue weighted by molar-refractivity contribution is 7.99. The van der Waals surface area contributed by atoms with Crippen LogP contribution in [0.1, 0.15) is 19.4 Å². The Bertz CT molecular complexity index is 950. The maximum Gasteiger partial charge on any atom is 0.190 e. The third-order valence-electron chi connectivity index (χ3n) is 3.70. The first-order valence-corrected chi connectivity index (χ1v) is 9.58. The molecule has 3 aromatic rings. The number of halogens is 1. The van der Waals surface area contributed by atoms with Crippen molar-refractivity contribution >= 4 is 23.3 Å². The topological polar surface area (TPSA) is 61.6 Å². The first kappa shape index (κ1) is 18.9. The van der Waals surface area contributed by atoms with Crippen molar-refractivity contribution in [3.63, 3.8) is 0 Å². The summed E-state index contributed by atoms with van der Waals surface area (Å²) in [6, 6.07) is 17.7. The van der Waals surface area contributed by atoms with Crippen LogP contribution >= 0.6 is 11.8 Å². The average Bonchev–Trinajstić information content (AvgIpc) is 2.67. The Morgan fingerprint density at radius 3 is 2.41 bits per heavy atom.